The highest BCUT2D eigenvalue weighted by atomic mass is 19.4. The van der Waals surface area contributed by atoms with E-state index in [1.165, 1.54) is 0 Å². The molecule has 0 aromatic carbocycles. The molecule has 1 saturated heterocycles. The van der Waals surface area contributed by atoms with Crippen LogP contribution < -0.4 is 5.32 Å². The van der Waals surface area contributed by atoms with Gasteiger partial charge in [-0.05, 0) is 0 Å². The fourth-order valence-corrected chi connectivity index (χ4v) is 0.960. The van der Waals surface area contributed by atoms with Gasteiger partial charge in [0.2, 0.25) is 11.8 Å². The molecule has 0 spiro atoms. The van der Waals surface area contributed by atoms with E-state index >= 15 is 0 Å². The average Bonchev–Trinajstić information content (AvgIpc) is 1.99. The highest BCUT2D eigenvalue weighted by molar-refractivity contribution is 6.03. The van der Waals surface area contributed by atoms with E-state index in [2.05, 4.69) is 0 Å². The van der Waals surface area contributed by atoms with Crippen molar-refractivity contribution in [2.24, 2.45) is 0 Å². The van der Waals surface area contributed by atoms with Gasteiger partial charge in [-0.3, -0.25) is 19.7 Å². The standard InChI is InChI=1S/C6H5F3N2O3/c7-6(8,9)5(14)11-1-3(12)10-4(13)2-11/h1-2H2,(H,10,12,13). The molecule has 8 heteroatoms. The molecule has 1 fully saturated rings. The monoisotopic (exact) mass is 210 g/mol. The zero-order valence-electron chi connectivity index (χ0n) is 6.72. The number of nitrogens with one attached hydrogen (secondary N) is 1. The van der Waals surface area contributed by atoms with Crippen molar-refractivity contribution in [2.45, 2.75) is 6.18 Å². The number of carbonyl (C=O) groups excluding carboxylic acids is 3. The molecule has 14 heavy (non-hydrogen) atoms. The fourth-order valence-electron chi connectivity index (χ4n) is 0.960. The lowest BCUT2D eigenvalue weighted by Gasteiger charge is -2.25. The zero-order chi connectivity index (χ0) is 10.9. The Bertz CT molecular complexity index is 283. The third kappa shape index (κ3) is 2.21. The molecule has 0 radical (unpaired) electrons. The molecule has 0 atom stereocenters. The maximum absolute atomic E-state index is 11.9. The van der Waals surface area contributed by atoms with Gasteiger partial charge < -0.3 is 4.90 Å². The minimum absolute atomic E-state index is 0.154. The Morgan fingerprint density at radius 1 is 1.21 bits per heavy atom. The van der Waals surface area contributed by atoms with Crippen LogP contribution in [0.25, 0.3) is 0 Å². The minimum Gasteiger partial charge on any atom is -0.316 e. The van der Waals surface area contributed by atoms with Crippen molar-refractivity contribution in [3.05, 3.63) is 0 Å². The quantitative estimate of drug-likeness (QED) is 0.523. The number of nitrogens with zero attached hydrogens (tertiary/aromatic N) is 1. The fraction of sp³-hybridized carbons (Fsp3) is 0.500. The first-order valence-corrected chi connectivity index (χ1v) is 3.49. The largest absolute Gasteiger partial charge is 0.471 e. The van der Waals surface area contributed by atoms with Crippen LogP contribution in [0.15, 0.2) is 0 Å². The highest BCUT2D eigenvalue weighted by Crippen LogP contribution is 2.18. The number of amides is 3. The Balaban J connectivity index is 2.74. The van der Waals surface area contributed by atoms with Crippen LogP contribution in [0, 0.1) is 0 Å². The molecule has 1 N–H and O–H groups in total. The maximum atomic E-state index is 11.9. The van der Waals surface area contributed by atoms with Crippen molar-refractivity contribution in [3.63, 3.8) is 0 Å². The zero-order valence-corrected chi connectivity index (χ0v) is 6.72. The van der Waals surface area contributed by atoms with E-state index < -0.39 is 37.0 Å². The van der Waals surface area contributed by atoms with Gasteiger partial charge in [0, 0.05) is 0 Å². The molecule has 0 aromatic rings. The molecule has 78 valence electrons. The number of hydrogen-bond acceptors (Lipinski definition) is 3. The third-order valence-corrected chi connectivity index (χ3v) is 1.48. The second kappa shape index (κ2) is 3.28. The summed E-state index contributed by atoms with van der Waals surface area (Å²) in [4.78, 5) is 32.0. The Labute approximate surface area is 75.8 Å². The molecule has 0 aromatic heterocycles. The average molecular weight is 210 g/mol. The Morgan fingerprint density at radius 3 is 2.00 bits per heavy atom. The van der Waals surface area contributed by atoms with Crippen LogP contribution in [0.1, 0.15) is 0 Å². The van der Waals surface area contributed by atoms with E-state index in [-0.39, 0.29) is 4.90 Å². The lowest BCUT2D eigenvalue weighted by atomic mass is 10.3. The molecule has 5 nitrogen and oxygen atoms in total. The molecular weight excluding hydrogens is 205 g/mol. The molecule has 0 aliphatic carbocycles. The first-order valence-electron chi connectivity index (χ1n) is 3.49. The third-order valence-electron chi connectivity index (χ3n) is 1.48. The molecule has 1 rings (SSSR count). The minimum atomic E-state index is -5.06. The second-order valence-corrected chi connectivity index (χ2v) is 2.63. The smallest absolute Gasteiger partial charge is 0.316 e. The molecular formula is C6H5F3N2O3. The van der Waals surface area contributed by atoms with Crippen LogP contribution in [0.3, 0.4) is 0 Å². The maximum Gasteiger partial charge on any atom is 0.471 e. The Kier molecular flexibility index (Phi) is 2.45. The summed E-state index contributed by atoms with van der Waals surface area (Å²) in [5, 5.41) is 1.78. The number of imide groups is 1. The van der Waals surface area contributed by atoms with Gasteiger partial charge >= 0.3 is 12.1 Å². The molecule has 0 unspecified atom stereocenters. The lowest BCUT2D eigenvalue weighted by Crippen LogP contribution is -2.56. The normalized spacial score (nSPS) is 18.1. The topological polar surface area (TPSA) is 66.5 Å². The van der Waals surface area contributed by atoms with Crippen molar-refractivity contribution in [3.8, 4) is 0 Å². The molecule has 0 saturated carbocycles. The predicted octanol–water partition coefficient (Wildman–Crippen LogP) is -0.966. The Hall–Kier alpha value is -1.60. The van der Waals surface area contributed by atoms with Gasteiger partial charge in [-0.25, -0.2) is 0 Å². The van der Waals surface area contributed by atoms with Crippen molar-refractivity contribution in [1.82, 2.24) is 10.2 Å². The van der Waals surface area contributed by atoms with Gasteiger partial charge in [-0.1, -0.05) is 0 Å². The first-order chi connectivity index (χ1) is 6.30. The van der Waals surface area contributed by atoms with Crippen LogP contribution in [-0.4, -0.2) is 41.9 Å². The van der Waals surface area contributed by atoms with Crippen LogP contribution in [0.2, 0.25) is 0 Å². The van der Waals surface area contributed by atoms with E-state index in [1.807, 2.05) is 0 Å². The van der Waals surface area contributed by atoms with Gasteiger partial charge in [0.25, 0.3) is 0 Å². The summed E-state index contributed by atoms with van der Waals surface area (Å²) in [6.07, 6.45) is -5.06. The summed E-state index contributed by atoms with van der Waals surface area (Å²) < 4.78 is 35.6. The molecule has 3 amide bonds. The van der Waals surface area contributed by atoms with E-state index in [4.69, 9.17) is 0 Å². The lowest BCUT2D eigenvalue weighted by molar-refractivity contribution is -0.187. The van der Waals surface area contributed by atoms with E-state index in [1.54, 1.807) is 5.32 Å². The van der Waals surface area contributed by atoms with Crippen LogP contribution in [-0.2, 0) is 14.4 Å². The van der Waals surface area contributed by atoms with Crippen molar-refractivity contribution in [2.75, 3.05) is 13.1 Å². The number of piperazine rings is 1. The first kappa shape index (κ1) is 10.5. The van der Waals surface area contributed by atoms with Gasteiger partial charge in [-0.15, -0.1) is 0 Å². The van der Waals surface area contributed by atoms with Crippen LogP contribution >= 0.6 is 0 Å². The summed E-state index contributed by atoms with van der Waals surface area (Å²) in [6, 6.07) is 0. The second-order valence-electron chi connectivity index (χ2n) is 2.63. The van der Waals surface area contributed by atoms with E-state index in [0.717, 1.165) is 0 Å². The van der Waals surface area contributed by atoms with Gasteiger partial charge in [0.15, 0.2) is 0 Å². The predicted molar refractivity (Wildman–Crippen MR) is 35.8 cm³/mol. The van der Waals surface area contributed by atoms with Crippen molar-refractivity contribution >= 4 is 17.7 Å². The summed E-state index contributed by atoms with van der Waals surface area (Å²) in [7, 11) is 0. The van der Waals surface area contributed by atoms with Crippen LogP contribution in [0.5, 0.6) is 0 Å². The Morgan fingerprint density at radius 2 is 1.64 bits per heavy atom. The summed E-state index contributed by atoms with van der Waals surface area (Å²) in [6.45, 7) is -1.49. The molecule has 0 bridgehead atoms. The molecule has 1 aliphatic rings. The number of halogens is 3. The SMILES string of the molecule is O=C1CN(C(=O)C(F)(F)F)CC(=O)N1. The molecule has 1 heterocycles. The molecule has 1 aliphatic heterocycles. The van der Waals surface area contributed by atoms with E-state index in [0.29, 0.717) is 0 Å². The van der Waals surface area contributed by atoms with Crippen LogP contribution in [0.4, 0.5) is 13.2 Å². The van der Waals surface area contributed by atoms with Crippen molar-refractivity contribution in [1.29, 1.82) is 0 Å². The number of alkyl halides is 3. The summed E-state index contributed by atoms with van der Waals surface area (Å²) in [5.41, 5.74) is 0. The highest BCUT2D eigenvalue weighted by Gasteiger charge is 2.44. The number of carbonyl (C=O) groups is 3. The van der Waals surface area contributed by atoms with Gasteiger partial charge in [0.05, 0.1) is 0 Å². The summed E-state index contributed by atoms with van der Waals surface area (Å²) in [5.74, 6) is -4.02. The summed E-state index contributed by atoms with van der Waals surface area (Å²) >= 11 is 0. The number of rotatable bonds is 0. The van der Waals surface area contributed by atoms with Gasteiger partial charge in [0.1, 0.15) is 13.1 Å². The van der Waals surface area contributed by atoms with Gasteiger partial charge in [-0.2, -0.15) is 13.2 Å². The number of hydrogen-bond donors (Lipinski definition) is 1. The van der Waals surface area contributed by atoms with Crippen molar-refractivity contribution < 1.29 is 27.6 Å². The van der Waals surface area contributed by atoms with E-state index in [9.17, 15) is 27.6 Å².